The third kappa shape index (κ3) is 2.88. The maximum atomic E-state index is 10.8. The van der Waals surface area contributed by atoms with Gasteiger partial charge in [-0.15, -0.1) is 0 Å². The van der Waals surface area contributed by atoms with Crippen molar-refractivity contribution in [2.24, 2.45) is 0 Å². The van der Waals surface area contributed by atoms with Gasteiger partial charge in [0.2, 0.25) is 0 Å². The molecule has 1 aliphatic heterocycles. The minimum Gasteiger partial charge on any atom is -0.481 e. The second-order valence-corrected chi connectivity index (χ2v) is 4.60. The van der Waals surface area contributed by atoms with Crippen molar-refractivity contribution in [2.45, 2.75) is 32.9 Å². The van der Waals surface area contributed by atoms with Gasteiger partial charge in [-0.3, -0.25) is 9.69 Å². The van der Waals surface area contributed by atoms with Crippen LogP contribution in [-0.4, -0.2) is 46.9 Å². The number of carboxylic acid groups (broad SMARTS) is 1. The summed E-state index contributed by atoms with van der Waals surface area (Å²) in [6, 6.07) is -0.0788. The summed E-state index contributed by atoms with van der Waals surface area (Å²) in [5.41, 5.74) is 1.92. The number of nitrogens with zero attached hydrogens (tertiary/aromatic N) is 2. The molecule has 0 spiro atoms. The molecule has 2 heterocycles. The third-order valence-electron chi connectivity index (χ3n) is 3.30. The predicted octanol–water partition coefficient (Wildman–Crippen LogP) is 0.967. The molecule has 1 aliphatic rings. The van der Waals surface area contributed by atoms with Gasteiger partial charge in [0.25, 0.3) is 0 Å². The highest BCUT2D eigenvalue weighted by Gasteiger charge is 2.26. The molecule has 1 N–H and O–H groups in total. The lowest BCUT2D eigenvalue weighted by atomic mass is 10.1. The van der Waals surface area contributed by atoms with E-state index in [0.29, 0.717) is 19.8 Å². The van der Waals surface area contributed by atoms with E-state index in [2.05, 4.69) is 10.1 Å². The summed E-state index contributed by atoms with van der Waals surface area (Å²) in [5.74, 6) is 0.00216. The van der Waals surface area contributed by atoms with E-state index >= 15 is 0 Å². The molecule has 2 rings (SSSR count). The molecule has 1 fully saturated rings. The highest BCUT2D eigenvalue weighted by Crippen LogP contribution is 2.19. The Morgan fingerprint density at radius 3 is 2.94 bits per heavy atom. The highest BCUT2D eigenvalue weighted by atomic mass is 16.5. The Labute approximate surface area is 106 Å². The summed E-state index contributed by atoms with van der Waals surface area (Å²) in [4.78, 5) is 13.0. The molecule has 6 nitrogen and oxygen atoms in total. The van der Waals surface area contributed by atoms with Crippen molar-refractivity contribution >= 4 is 5.97 Å². The molecule has 1 saturated heterocycles. The molecule has 1 atom stereocenters. The van der Waals surface area contributed by atoms with E-state index in [9.17, 15) is 4.79 Å². The van der Waals surface area contributed by atoms with Crippen molar-refractivity contribution in [3.05, 3.63) is 17.0 Å². The molecule has 0 aromatic carbocycles. The lowest BCUT2D eigenvalue weighted by molar-refractivity contribution is -0.140. The van der Waals surface area contributed by atoms with Crippen LogP contribution in [0.2, 0.25) is 0 Å². The molecule has 0 saturated carbocycles. The molecular weight excluding hydrogens is 236 g/mol. The van der Waals surface area contributed by atoms with E-state index in [1.807, 2.05) is 13.8 Å². The highest BCUT2D eigenvalue weighted by molar-refractivity contribution is 5.67. The van der Waals surface area contributed by atoms with Crippen molar-refractivity contribution in [1.82, 2.24) is 10.1 Å². The van der Waals surface area contributed by atoms with E-state index < -0.39 is 5.97 Å². The molecule has 6 heteroatoms. The smallest absolute Gasteiger partial charge is 0.305 e. The van der Waals surface area contributed by atoms with Crippen LogP contribution in [0.4, 0.5) is 0 Å². The first-order chi connectivity index (χ1) is 8.58. The number of aromatic nitrogens is 1. The van der Waals surface area contributed by atoms with Crippen LogP contribution in [0.3, 0.4) is 0 Å². The Hall–Kier alpha value is -1.40. The number of carbonyl (C=O) groups is 1. The molecule has 0 radical (unpaired) electrons. The van der Waals surface area contributed by atoms with Gasteiger partial charge in [-0.25, -0.2) is 0 Å². The monoisotopic (exact) mass is 254 g/mol. The normalized spacial score (nSPS) is 21.1. The van der Waals surface area contributed by atoms with Gasteiger partial charge in [-0.1, -0.05) is 5.16 Å². The molecule has 1 unspecified atom stereocenters. The van der Waals surface area contributed by atoms with Crippen LogP contribution < -0.4 is 0 Å². The van der Waals surface area contributed by atoms with Crippen LogP contribution in [0.5, 0.6) is 0 Å². The van der Waals surface area contributed by atoms with Crippen molar-refractivity contribution in [1.29, 1.82) is 0 Å². The fraction of sp³-hybridized carbons (Fsp3) is 0.667. The van der Waals surface area contributed by atoms with E-state index in [0.717, 1.165) is 23.6 Å². The van der Waals surface area contributed by atoms with Gasteiger partial charge < -0.3 is 14.4 Å². The summed E-state index contributed by atoms with van der Waals surface area (Å²) >= 11 is 0. The number of morpholine rings is 1. The summed E-state index contributed by atoms with van der Waals surface area (Å²) < 4.78 is 10.5. The van der Waals surface area contributed by atoms with Crippen LogP contribution in [0.25, 0.3) is 0 Å². The summed E-state index contributed by atoms with van der Waals surface area (Å²) in [7, 11) is 0. The predicted molar refractivity (Wildman–Crippen MR) is 63.2 cm³/mol. The van der Waals surface area contributed by atoms with Crippen LogP contribution in [-0.2, 0) is 16.1 Å². The Kier molecular flexibility index (Phi) is 3.98. The number of hydrogen-bond acceptors (Lipinski definition) is 5. The minimum atomic E-state index is -0.797. The van der Waals surface area contributed by atoms with E-state index in [1.165, 1.54) is 0 Å². The van der Waals surface area contributed by atoms with Crippen molar-refractivity contribution in [3.8, 4) is 0 Å². The van der Waals surface area contributed by atoms with Gasteiger partial charge >= 0.3 is 5.97 Å². The van der Waals surface area contributed by atoms with Gasteiger partial charge in [0, 0.05) is 24.7 Å². The maximum Gasteiger partial charge on any atom is 0.305 e. The van der Waals surface area contributed by atoms with Gasteiger partial charge in [-0.05, 0) is 13.8 Å². The van der Waals surface area contributed by atoms with Crippen molar-refractivity contribution in [2.75, 3.05) is 19.8 Å². The van der Waals surface area contributed by atoms with Gasteiger partial charge in [0.1, 0.15) is 5.76 Å². The summed E-state index contributed by atoms with van der Waals surface area (Å²) in [5, 5.41) is 12.8. The van der Waals surface area contributed by atoms with Crippen molar-refractivity contribution < 1.29 is 19.2 Å². The maximum absolute atomic E-state index is 10.8. The molecule has 0 amide bonds. The zero-order chi connectivity index (χ0) is 13.1. The lowest BCUT2D eigenvalue weighted by Gasteiger charge is -2.34. The molecule has 100 valence electrons. The fourth-order valence-electron chi connectivity index (χ4n) is 2.22. The third-order valence-corrected chi connectivity index (χ3v) is 3.30. The molecule has 1 aromatic rings. The van der Waals surface area contributed by atoms with E-state index in [4.69, 9.17) is 14.4 Å². The van der Waals surface area contributed by atoms with Crippen LogP contribution in [0, 0.1) is 13.8 Å². The average Bonchev–Trinajstić information content (AvgIpc) is 2.62. The second-order valence-electron chi connectivity index (χ2n) is 4.60. The number of aliphatic carboxylic acids is 1. The number of hydrogen-bond donors (Lipinski definition) is 1. The van der Waals surface area contributed by atoms with E-state index in [-0.39, 0.29) is 12.5 Å². The Balaban J connectivity index is 2.07. The first kappa shape index (κ1) is 13.0. The van der Waals surface area contributed by atoms with Gasteiger partial charge in [0.15, 0.2) is 0 Å². The van der Waals surface area contributed by atoms with Crippen LogP contribution in [0.15, 0.2) is 4.52 Å². The van der Waals surface area contributed by atoms with Crippen LogP contribution >= 0.6 is 0 Å². The Morgan fingerprint density at radius 1 is 1.56 bits per heavy atom. The first-order valence-electron chi connectivity index (χ1n) is 6.03. The molecule has 1 aromatic heterocycles. The Bertz CT molecular complexity index is 410. The largest absolute Gasteiger partial charge is 0.481 e. The summed E-state index contributed by atoms with van der Waals surface area (Å²) in [6.07, 6.45) is 0.101. The minimum absolute atomic E-state index is 0.0788. The zero-order valence-corrected chi connectivity index (χ0v) is 10.7. The standard InChI is InChI=1S/C12H18N2O4/c1-8-11(9(2)18-13-8)6-14-3-4-17-7-10(14)5-12(15)16/h10H,3-7H2,1-2H3,(H,15,16). The number of carboxylic acids is 1. The van der Waals surface area contributed by atoms with Gasteiger partial charge in [0.05, 0.1) is 25.3 Å². The zero-order valence-electron chi connectivity index (χ0n) is 10.7. The fourth-order valence-corrected chi connectivity index (χ4v) is 2.22. The SMILES string of the molecule is Cc1noc(C)c1CN1CCOCC1CC(=O)O. The number of rotatable bonds is 4. The topological polar surface area (TPSA) is 75.8 Å². The average molecular weight is 254 g/mol. The molecule has 0 bridgehead atoms. The van der Waals surface area contributed by atoms with Crippen molar-refractivity contribution in [3.63, 3.8) is 0 Å². The second kappa shape index (κ2) is 5.49. The van der Waals surface area contributed by atoms with Crippen LogP contribution in [0.1, 0.15) is 23.4 Å². The number of ether oxygens (including phenoxy) is 1. The molecule has 0 aliphatic carbocycles. The lowest BCUT2D eigenvalue weighted by Crippen LogP contribution is -2.46. The number of aryl methyl sites for hydroxylation is 2. The first-order valence-corrected chi connectivity index (χ1v) is 6.03. The van der Waals surface area contributed by atoms with E-state index in [1.54, 1.807) is 0 Å². The summed E-state index contributed by atoms with van der Waals surface area (Å²) in [6.45, 7) is 6.29. The molecule has 18 heavy (non-hydrogen) atoms. The Morgan fingerprint density at radius 2 is 2.33 bits per heavy atom. The quantitative estimate of drug-likeness (QED) is 0.862. The van der Waals surface area contributed by atoms with Gasteiger partial charge in [-0.2, -0.15) is 0 Å². The molecular formula is C12H18N2O4.